The normalized spacial score (nSPS) is 10.2. The summed E-state index contributed by atoms with van der Waals surface area (Å²) in [7, 11) is 0. The van der Waals surface area contributed by atoms with Gasteiger partial charge in [-0.1, -0.05) is 6.07 Å². The van der Waals surface area contributed by atoms with Crippen molar-refractivity contribution >= 4 is 28.7 Å². The standard InChI is InChI=1S/C15H12N4O7/c1-8-11(6-10(17(21)22)7-14(8)19(25)26)15(20)16-12-4-3-5-13(9(12)2)18(23)24/h3-7H,1-2H3,(H,16,20). The van der Waals surface area contributed by atoms with Crippen molar-refractivity contribution in [3.63, 3.8) is 0 Å². The van der Waals surface area contributed by atoms with Gasteiger partial charge in [-0.05, 0) is 19.9 Å². The van der Waals surface area contributed by atoms with E-state index < -0.39 is 32.1 Å². The second-order valence-electron chi connectivity index (χ2n) is 5.31. The van der Waals surface area contributed by atoms with Crippen LogP contribution in [0.5, 0.6) is 0 Å². The highest BCUT2D eigenvalue weighted by atomic mass is 16.6. The second kappa shape index (κ2) is 6.93. The Bertz CT molecular complexity index is 955. The van der Waals surface area contributed by atoms with Gasteiger partial charge in [0.1, 0.15) is 0 Å². The van der Waals surface area contributed by atoms with Crippen LogP contribution < -0.4 is 5.32 Å². The molecule has 0 aliphatic rings. The summed E-state index contributed by atoms with van der Waals surface area (Å²) in [5, 5.41) is 35.4. The molecule has 26 heavy (non-hydrogen) atoms. The van der Waals surface area contributed by atoms with E-state index in [1.54, 1.807) is 0 Å². The second-order valence-corrected chi connectivity index (χ2v) is 5.31. The van der Waals surface area contributed by atoms with Crippen molar-refractivity contribution in [2.75, 3.05) is 5.32 Å². The summed E-state index contributed by atoms with van der Waals surface area (Å²) in [4.78, 5) is 43.2. The minimum absolute atomic E-state index is 0.0545. The molecule has 11 nitrogen and oxygen atoms in total. The predicted octanol–water partition coefficient (Wildman–Crippen LogP) is 3.28. The molecular formula is C15H12N4O7. The molecule has 0 bridgehead atoms. The lowest BCUT2D eigenvalue weighted by Gasteiger charge is -2.10. The average Bonchev–Trinajstić information content (AvgIpc) is 2.55. The van der Waals surface area contributed by atoms with Gasteiger partial charge in [-0.15, -0.1) is 0 Å². The molecule has 0 atom stereocenters. The van der Waals surface area contributed by atoms with E-state index in [0.717, 1.165) is 12.1 Å². The van der Waals surface area contributed by atoms with E-state index in [0.29, 0.717) is 0 Å². The molecule has 1 amide bonds. The summed E-state index contributed by atoms with van der Waals surface area (Å²) in [5.41, 5.74) is -1.41. The van der Waals surface area contributed by atoms with Crippen LogP contribution in [0.4, 0.5) is 22.7 Å². The Hall–Kier alpha value is -3.89. The van der Waals surface area contributed by atoms with Gasteiger partial charge in [-0.25, -0.2) is 0 Å². The molecular weight excluding hydrogens is 348 g/mol. The lowest BCUT2D eigenvalue weighted by molar-refractivity contribution is -0.394. The number of non-ortho nitro benzene ring substituents is 1. The van der Waals surface area contributed by atoms with Gasteiger partial charge in [0.25, 0.3) is 23.0 Å². The number of hydrogen-bond acceptors (Lipinski definition) is 7. The van der Waals surface area contributed by atoms with Crippen LogP contribution in [0, 0.1) is 44.2 Å². The number of benzene rings is 2. The van der Waals surface area contributed by atoms with Gasteiger partial charge in [-0.3, -0.25) is 35.1 Å². The highest BCUT2D eigenvalue weighted by Gasteiger charge is 2.25. The first-order chi connectivity index (χ1) is 12.1. The molecule has 11 heteroatoms. The molecule has 0 radical (unpaired) electrons. The van der Waals surface area contributed by atoms with E-state index in [4.69, 9.17) is 0 Å². The number of nitro benzene ring substituents is 3. The third kappa shape index (κ3) is 3.45. The van der Waals surface area contributed by atoms with Crippen molar-refractivity contribution in [1.29, 1.82) is 0 Å². The number of nitro groups is 3. The minimum atomic E-state index is -0.849. The molecule has 0 aliphatic carbocycles. The number of nitrogens with one attached hydrogen (secondary N) is 1. The number of carbonyl (C=O) groups excluding carboxylic acids is 1. The number of rotatable bonds is 5. The lowest BCUT2D eigenvalue weighted by Crippen LogP contribution is -2.15. The molecule has 0 aliphatic heterocycles. The zero-order chi connectivity index (χ0) is 19.6. The summed E-state index contributed by atoms with van der Waals surface area (Å²) in [6.07, 6.45) is 0. The van der Waals surface area contributed by atoms with Crippen LogP contribution in [0.1, 0.15) is 21.5 Å². The number of amides is 1. The average molecular weight is 360 g/mol. The highest BCUT2D eigenvalue weighted by molar-refractivity contribution is 6.07. The van der Waals surface area contributed by atoms with E-state index >= 15 is 0 Å². The van der Waals surface area contributed by atoms with E-state index in [1.807, 2.05) is 0 Å². The zero-order valence-electron chi connectivity index (χ0n) is 13.6. The maximum Gasteiger partial charge on any atom is 0.279 e. The number of carbonyl (C=O) groups is 1. The summed E-state index contributed by atoms with van der Waals surface area (Å²) in [5.74, 6) is -0.849. The Morgan fingerprint density at radius 2 is 1.50 bits per heavy atom. The van der Waals surface area contributed by atoms with Crippen LogP contribution in [-0.4, -0.2) is 20.7 Å². The molecule has 0 aromatic heterocycles. The minimum Gasteiger partial charge on any atom is -0.321 e. The summed E-state index contributed by atoms with van der Waals surface area (Å²) < 4.78 is 0. The van der Waals surface area contributed by atoms with Gasteiger partial charge < -0.3 is 5.32 Å². The quantitative estimate of drug-likeness (QED) is 0.632. The van der Waals surface area contributed by atoms with Gasteiger partial charge in [-0.2, -0.15) is 0 Å². The maximum absolute atomic E-state index is 12.5. The molecule has 0 fully saturated rings. The van der Waals surface area contributed by atoms with Crippen molar-refractivity contribution in [1.82, 2.24) is 0 Å². The fraction of sp³-hybridized carbons (Fsp3) is 0.133. The summed E-state index contributed by atoms with van der Waals surface area (Å²) in [6, 6.07) is 5.73. The topological polar surface area (TPSA) is 159 Å². The summed E-state index contributed by atoms with van der Waals surface area (Å²) >= 11 is 0. The van der Waals surface area contributed by atoms with Crippen LogP contribution >= 0.6 is 0 Å². The smallest absolute Gasteiger partial charge is 0.279 e. The lowest BCUT2D eigenvalue weighted by atomic mass is 10.0. The largest absolute Gasteiger partial charge is 0.321 e. The monoisotopic (exact) mass is 360 g/mol. The van der Waals surface area contributed by atoms with Gasteiger partial charge in [0, 0.05) is 17.7 Å². The molecule has 0 saturated heterocycles. The Labute approximate surface area is 145 Å². The molecule has 2 rings (SSSR count). The van der Waals surface area contributed by atoms with Gasteiger partial charge >= 0.3 is 0 Å². The Balaban J connectivity index is 2.51. The van der Waals surface area contributed by atoms with E-state index in [2.05, 4.69) is 5.32 Å². The van der Waals surface area contributed by atoms with Crippen LogP contribution in [0.15, 0.2) is 30.3 Å². The van der Waals surface area contributed by atoms with Crippen molar-refractivity contribution in [2.45, 2.75) is 13.8 Å². The van der Waals surface area contributed by atoms with Gasteiger partial charge in [0.15, 0.2) is 0 Å². The van der Waals surface area contributed by atoms with Crippen molar-refractivity contribution in [3.8, 4) is 0 Å². The fourth-order valence-electron chi connectivity index (χ4n) is 2.36. The maximum atomic E-state index is 12.5. The van der Waals surface area contributed by atoms with Crippen LogP contribution in [0.25, 0.3) is 0 Å². The Morgan fingerprint density at radius 1 is 0.885 bits per heavy atom. The first-order valence-electron chi connectivity index (χ1n) is 7.12. The van der Waals surface area contributed by atoms with Crippen LogP contribution in [0.2, 0.25) is 0 Å². The molecule has 0 heterocycles. The molecule has 1 N–H and O–H groups in total. The first kappa shape index (κ1) is 18.4. The predicted molar refractivity (Wildman–Crippen MR) is 90.3 cm³/mol. The summed E-state index contributed by atoms with van der Waals surface area (Å²) in [6.45, 7) is 2.72. The molecule has 0 spiro atoms. The Kier molecular flexibility index (Phi) is 4.91. The molecule has 0 saturated carbocycles. The third-order valence-corrected chi connectivity index (χ3v) is 3.77. The zero-order valence-corrected chi connectivity index (χ0v) is 13.6. The molecule has 2 aromatic rings. The van der Waals surface area contributed by atoms with Gasteiger partial charge in [0.05, 0.1) is 37.7 Å². The van der Waals surface area contributed by atoms with Crippen LogP contribution in [0.3, 0.4) is 0 Å². The third-order valence-electron chi connectivity index (χ3n) is 3.77. The number of nitrogens with zero attached hydrogens (tertiary/aromatic N) is 3. The molecule has 134 valence electrons. The first-order valence-corrected chi connectivity index (χ1v) is 7.12. The fourth-order valence-corrected chi connectivity index (χ4v) is 2.36. The molecule has 0 unspecified atom stereocenters. The van der Waals surface area contributed by atoms with E-state index in [1.165, 1.54) is 32.0 Å². The van der Waals surface area contributed by atoms with Crippen molar-refractivity contribution in [2.24, 2.45) is 0 Å². The number of anilines is 1. The van der Waals surface area contributed by atoms with E-state index in [-0.39, 0.29) is 28.1 Å². The molecule has 2 aromatic carbocycles. The van der Waals surface area contributed by atoms with Gasteiger partial charge in [0.2, 0.25) is 0 Å². The van der Waals surface area contributed by atoms with Crippen molar-refractivity contribution in [3.05, 3.63) is 77.4 Å². The van der Waals surface area contributed by atoms with E-state index in [9.17, 15) is 35.1 Å². The Morgan fingerprint density at radius 3 is 2.04 bits per heavy atom. The number of hydrogen-bond donors (Lipinski definition) is 1. The van der Waals surface area contributed by atoms with Crippen LogP contribution in [-0.2, 0) is 0 Å². The SMILES string of the molecule is Cc1c(NC(=O)c2cc([N+](=O)[O-])cc([N+](=O)[O-])c2C)cccc1[N+](=O)[O-]. The van der Waals surface area contributed by atoms with Crippen molar-refractivity contribution < 1.29 is 19.6 Å². The highest BCUT2D eigenvalue weighted by Crippen LogP contribution is 2.30.